The molecule has 84 valence electrons. The van der Waals surface area contributed by atoms with Gasteiger partial charge in [-0.25, -0.2) is 0 Å². The molecular weight excluding hydrogens is 182 g/mol. The van der Waals surface area contributed by atoms with Gasteiger partial charge >= 0.3 is 0 Å². The molecule has 1 aromatic carbocycles. The van der Waals surface area contributed by atoms with E-state index in [1.165, 1.54) is 5.56 Å². The Bertz CT molecular complexity index is 271. The van der Waals surface area contributed by atoms with Gasteiger partial charge in [-0.1, -0.05) is 58.0 Å². The molecule has 0 fully saturated rings. The van der Waals surface area contributed by atoms with Crippen molar-refractivity contribution in [3.05, 3.63) is 35.9 Å². The normalized spacial score (nSPS) is 12.1. The van der Waals surface area contributed by atoms with Crippen molar-refractivity contribution in [2.45, 2.75) is 34.2 Å². The lowest BCUT2D eigenvalue weighted by Crippen LogP contribution is -2.32. The van der Waals surface area contributed by atoms with Crippen LogP contribution in [0.25, 0.3) is 0 Å². The largest absolute Gasteiger partial charge is 0.299 e. The van der Waals surface area contributed by atoms with E-state index in [9.17, 15) is 0 Å². The molecule has 0 atom stereocenters. The molecule has 0 spiro atoms. The summed E-state index contributed by atoms with van der Waals surface area (Å²) in [4.78, 5) is 2.50. The fourth-order valence-corrected chi connectivity index (χ4v) is 1.79. The van der Waals surface area contributed by atoms with Gasteiger partial charge < -0.3 is 0 Å². The molecule has 0 heterocycles. The van der Waals surface area contributed by atoms with Gasteiger partial charge in [0.25, 0.3) is 0 Å². The van der Waals surface area contributed by atoms with E-state index in [0.717, 1.165) is 19.6 Å². The summed E-state index contributed by atoms with van der Waals surface area (Å²) in [5.41, 5.74) is 1.79. The first-order chi connectivity index (χ1) is 7.01. The van der Waals surface area contributed by atoms with Crippen LogP contribution in [0.3, 0.4) is 0 Å². The topological polar surface area (TPSA) is 3.24 Å². The zero-order valence-electron chi connectivity index (χ0n) is 10.5. The SMILES string of the molecule is CCN(Cc1ccccc1)CC(C)(C)C. The second-order valence-corrected chi connectivity index (χ2v) is 5.35. The van der Waals surface area contributed by atoms with Gasteiger partial charge in [0, 0.05) is 13.1 Å². The average Bonchev–Trinajstić information content (AvgIpc) is 2.16. The van der Waals surface area contributed by atoms with Gasteiger partial charge in [-0.15, -0.1) is 0 Å². The lowest BCUT2D eigenvalue weighted by Gasteiger charge is -2.28. The van der Waals surface area contributed by atoms with Crippen LogP contribution in [0, 0.1) is 5.41 Å². The molecule has 1 aromatic rings. The van der Waals surface area contributed by atoms with Crippen molar-refractivity contribution in [1.29, 1.82) is 0 Å². The van der Waals surface area contributed by atoms with E-state index in [1.54, 1.807) is 0 Å². The highest BCUT2D eigenvalue weighted by Gasteiger charge is 2.14. The zero-order chi connectivity index (χ0) is 11.3. The Morgan fingerprint density at radius 2 is 1.67 bits per heavy atom. The summed E-state index contributed by atoms with van der Waals surface area (Å²) < 4.78 is 0. The molecule has 1 nitrogen and oxygen atoms in total. The number of hydrogen-bond donors (Lipinski definition) is 0. The van der Waals surface area contributed by atoms with Crippen LogP contribution in [-0.4, -0.2) is 18.0 Å². The molecule has 0 bridgehead atoms. The highest BCUT2D eigenvalue weighted by molar-refractivity contribution is 5.14. The molecular formula is C14H23N. The number of hydrogen-bond acceptors (Lipinski definition) is 1. The first kappa shape index (κ1) is 12.3. The first-order valence-corrected chi connectivity index (χ1v) is 5.77. The molecule has 15 heavy (non-hydrogen) atoms. The first-order valence-electron chi connectivity index (χ1n) is 5.77. The fraction of sp³-hybridized carbons (Fsp3) is 0.571. The van der Waals surface area contributed by atoms with Crippen LogP contribution in [0.4, 0.5) is 0 Å². The molecule has 1 heteroatoms. The van der Waals surface area contributed by atoms with Crippen LogP contribution in [0.5, 0.6) is 0 Å². The van der Waals surface area contributed by atoms with Crippen molar-refractivity contribution in [2.24, 2.45) is 5.41 Å². The molecule has 0 amide bonds. The molecule has 0 saturated carbocycles. The van der Waals surface area contributed by atoms with Crippen molar-refractivity contribution in [1.82, 2.24) is 4.90 Å². The van der Waals surface area contributed by atoms with Crippen molar-refractivity contribution >= 4 is 0 Å². The Kier molecular flexibility index (Phi) is 4.34. The molecule has 0 unspecified atom stereocenters. The molecule has 0 radical (unpaired) electrons. The second kappa shape index (κ2) is 5.32. The van der Waals surface area contributed by atoms with Gasteiger partial charge in [0.05, 0.1) is 0 Å². The van der Waals surface area contributed by atoms with Gasteiger partial charge in [-0.05, 0) is 17.5 Å². The summed E-state index contributed by atoms with van der Waals surface area (Å²) in [6.07, 6.45) is 0. The third kappa shape index (κ3) is 4.98. The van der Waals surface area contributed by atoms with Gasteiger partial charge in [0.15, 0.2) is 0 Å². The zero-order valence-corrected chi connectivity index (χ0v) is 10.5. The molecule has 0 aliphatic rings. The van der Waals surface area contributed by atoms with Crippen LogP contribution < -0.4 is 0 Å². The molecule has 0 aliphatic heterocycles. The monoisotopic (exact) mass is 205 g/mol. The van der Waals surface area contributed by atoms with Crippen molar-refractivity contribution in [3.63, 3.8) is 0 Å². The van der Waals surface area contributed by atoms with Crippen molar-refractivity contribution in [2.75, 3.05) is 13.1 Å². The van der Waals surface area contributed by atoms with E-state index in [0.29, 0.717) is 5.41 Å². The number of benzene rings is 1. The van der Waals surface area contributed by atoms with Crippen molar-refractivity contribution in [3.8, 4) is 0 Å². The van der Waals surface area contributed by atoms with E-state index in [2.05, 4.69) is 62.9 Å². The van der Waals surface area contributed by atoms with E-state index in [1.807, 2.05) is 0 Å². The third-order valence-corrected chi connectivity index (χ3v) is 2.39. The predicted molar refractivity (Wildman–Crippen MR) is 66.8 cm³/mol. The van der Waals surface area contributed by atoms with Gasteiger partial charge in [-0.2, -0.15) is 0 Å². The van der Waals surface area contributed by atoms with E-state index in [-0.39, 0.29) is 0 Å². The quantitative estimate of drug-likeness (QED) is 0.726. The lowest BCUT2D eigenvalue weighted by molar-refractivity contribution is 0.192. The van der Waals surface area contributed by atoms with Gasteiger partial charge in [-0.3, -0.25) is 4.90 Å². The van der Waals surface area contributed by atoms with Crippen LogP contribution >= 0.6 is 0 Å². The van der Waals surface area contributed by atoms with Crippen molar-refractivity contribution < 1.29 is 0 Å². The summed E-state index contributed by atoms with van der Waals surface area (Å²) in [6.45, 7) is 12.4. The molecule has 0 aliphatic carbocycles. The summed E-state index contributed by atoms with van der Waals surface area (Å²) in [5, 5.41) is 0. The maximum absolute atomic E-state index is 2.50. The Morgan fingerprint density at radius 3 is 2.13 bits per heavy atom. The Morgan fingerprint density at radius 1 is 1.07 bits per heavy atom. The number of nitrogens with zero attached hydrogens (tertiary/aromatic N) is 1. The van der Waals surface area contributed by atoms with E-state index in [4.69, 9.17) is 0 Å². The van der Waals surface area contributed by atoms with Crippen LogP contribution in [0.15, 0.2) is 30.3 Å². The van der Waals surface area contributed by atoms with Crippen LogP contribution in [0.1, 0.15) is 33.3 Å². The Hall–Kier alpha value is -0.820. The summed E-state index contributed by atoms with van der Waals surface area (Å²) in [5.74, 6) is 0. The molecule has 0 N–H and O–H groups in total. The Balaban J connectivity index is 2.55. The fourth-order valence-electron chi connectivity index (χ4n) is 1.79. The average molecular weight is 205 g/mol. The van der Waals surface area contributed by atoms with Crippen LogP contribution in [-0.2, 0) is 6.54 Å². The molecule has 1 rings (SSSR count). The van der Waals surface area contributed by atoms with E-state index >= 15 is 0 Å². The summed E-state index contributed by atoms with van der Waals surface area (Å²) in [7, 11) is 0. The smallest absolute Gasteiger partial charge is 0.0233 e. The minimum atomic E-state index is 0.380. The van der Waals surface area contributed by atoms with Gasteiger partial charge in [0.1, 0.15) is 0 Å². The second-order valence-electron chi connectivity index (χ2n) is 5.35. The lowest BCUT2D eigenvalue weighted by atomic mass is 9.96. The highest BCUT2D eigenvalue weighted by atomic mass is 15.1. The number of rotatable bonds is 4. The molecule has 0 aromatic heterocycles. The Labute approximate surface area is 94.1 Å². The molecule has 0 saturated heterocycles. The third-order valence-electron chi connectivity index (χ3n) is 2.39. The maximum atomic E-state index is 2.50. The van der Waals surface area contributed by atoms with E-state index < -0.39 is 0 Å². The van der Waals surface area contributed by atoms with Gasteiger partial charge in [0.2, 0.25) is 0 Å². The maximum Gasteiger partial charge on any atom is 0.0233 e. The summed E-state index contributed by atoms with van der Waals surface area (Å²) >= 11 is 0. The minimum absolute atomic E-state index is 0.380. The van der Waals surface area contributed by atoms with Crippen LogP contribution in [0.2, 0.25) is 0 Å². The predicted octanol–water partition coefficient (Wildman–Crippen LogP) is 3.55. The highest BCUT2D eigenvalue weighted by Crippen LogP contribution is 2.16. The standard InChI is InChI=1S/C14H23N/c1-5-15(12-14(2,3)4)11-13-9-7-6-8-10-13/h6-10H,5,11-12H2,1-4H3. The summed E-state index contributed by atoms with van der Waals surface area (Å²) in [6, 6.07) is 10.7. The minimum Gasteiger partial charge on any atom is -0.299 e.